The van der Waals surface area contributed by atoms with Crippen molar-refractivity contribution in [3.05, 3.63) is 30.0 Å². The van der Waals surface area contributed by atoms with Crippen LogP contribution in [0.1, 0.15) is 5.76 Å². The summed E-state index contributed by atoms with van der Waals surface area (Å²) < 4.78 is 15.4. The van der Waals surface area contributed by atoms with Crippen molar-refractivity contribution < 1.29 is 14.0 Å². The van der Waals surface area contributed by atoms with Gasteiger partial charge in [-0.3, -0.25) is 0 Å². The van der Waals surface area contributed by atoms with Crippen LogP contribution in [-0.4, -0.2) is 19.4 Å². The van der Waals surface area contributed by atoms with E-state index in [2.05, 4.69) is 5.16 Å². The molecule has 0 amide bonds. The molecule has 5 nitrogen and oxygen atoms in total. The molecule has 2 rings (SSSR count). The first-order chi connectivity index (χ1) is 8.26. The van der Waals surface area contributed by atoms with E-state index in [9.17, 15) is 0 Å². The second-order valence-corrected chi connectivity index (χ2v) is 3.48. The van der Waals surface area contributed by atoms with Crippen molar-refractivity contribution in [2.75, 3.05) is 14.2 Å². The van der Waals surface area contributed by atoms with E-state index in [0.29, 0.717) is 29.5 Å². The molecule has 90 valence electrons. The number of benzene rings is 1. The molecule has 0 unspecified atom stereocenters. The van der Waals surface area contributed by atoms with Crippen LogP contribution in [0.4, 0.5) is 0 Å². The highest BCUT2D eigenvalue weighted by molar-refractivity contribution is 5.63. The molecule has 1 heterocycles. The molecule has 0 aliphatic carbocycles. The predicted octanol–water partition coefficient (Wildman–Crippen LogP) is 1.82. The van der Waals surface area contributed by atoms with Gasteiger partial charge in [0.15, 0.2) is 5.76 Å². The summed E-state index contributed by atoms with van der Waals surface area (Å²) in [5.74, 6) is 2.05. The van der Waals surface area contributed by atoms with Crippen LogP contribution >= 0.6 is 0 Å². The first kappa shape index (κ1) is 11.5. The largest absolute Gasteiger partial charge is 0.497 e. The summed E-state index contributed by atoms with van der Waals surface area (Å²) in [4.78, 5) is 0. The third kappa shape index (κ3) is 2.39. The molecule has 0 aliphatic rings. The maximum Gasteiger partial charge on any atom is 0.150 e. The number of hydrogen-bond acceptors (Lipinski definition) is 5. The topological polar surface area (TPSA) is 70.5 Å². The Morgan fingerprint density at radius 1 is 1.12 bits per heavy atom. The van der Waals surface area contributed by atoms with Gasteiger partial charge in [-0.2, -0.15) is 0 Å². The van der Waals surface area contributed by atoms with Crippen LogP contribution in [0.15, 0.2) is 28.8 Å². The molecule has 0 aliphatic heterocycles. The Kier molecular flexibility index (Phi) is 3.30. The van der Waals surface area contributed by atoms with E-state index in [0.717, 1.165) is 5.56 Å². The predicted molar refractivity (Wildman–Crippen MR) is 62.9 cm³/mol. The fourth-order valence-corrected chi connectivity index (χ4v) is 1.50. The maximum absolute atomic E-state index is 5.47. The molecule has 0 bridgehead atoms. The lowest BCUT2D eigenvalue weighted by atomic mass is 10.1. The van der Waals surface area contributed by atoms with Crippen LogP contribution in [0.3, 0.4) is 0 Å². The standard InChI is InChI=1S/C12H14N2O3/c1-15-9-3-8(4-10(5-9)16-2)12-6-11(7-13)17-14-12/h3-6H,7,13H2,1-2H3. The van der Waals surface area contributed by atoms with Crippen molar-refractivity contribution in [3.63, 3.8) is 0 Å². The molecule has 2 aromatic rings. The number of methoxy groups -OCH3 is 2. The highest BCUT2D eigenvalue weighted by Gasteiger charge is 2.08. The zero-order chi connectivity index (χ0) is 12.3. The van der Waals surface area contributed by atoms with Gasteiger partial charge in [-0.05, 0) is 12.1 Å². The van der Waals surface area contributed by atoms with Crippen molar-refractivity contribution in [1.29, 1.82) is 0 Å². The van der Waals surface area contributed by atoms with Crippen LogP contribution in [0.25, 0.3) is 11.3 Å². The SMILES string of the molecule is COc1cc(OC)cc(-c2cc(CN)on2)c1. The van der Waals surface area contributed by atoms with Crippen LogP contribution in [0.5, 0.6) is 11.5 Å². The minimum absolute atomic E-state index is 0.327. The maximum atomic E-state index is 5.47. The zero-order valence-electron chi connectivity index (χ0n) is 9.77. The molecule has 1 aromatic carbocycles. The summed E-state index contributed by atoms with van der Waals surface area (Å²) in [5, 5.41) is 3.94. The van der Waals surface area contributed by atoms with Crippen molar-refractivity contribution in [2.24, 2.45) is 5.73 Å². The molecule has 2 N–H and O–H groups in total. The summed E-state index contributed by atoms with van der Waals surface area (Å²) >= 11 is 0. The monoisotopic (exact) mass is 234 g/mol. The second-order valence-electron chi connectivity index (χ2n) is 3.48. The van der Waals surface area contributed by atoms with Gasteiger partial charge in [0, 0.05) is 17.7 Å². The van der Waals surface area contributed by atoms with E-state index in [-0.39, 0.29) is 0 Å². The van der Waals surface area contributed by atoms with Crippen LogP contribution < -0.4 is 15.2 Å². The summed E-state index contributed by atoms with van der Waals surface area (Å²) in [6.07, 6.45) is 0. The van der Waals surface area contributed by atoms with E-state index in [4.69, 9.17) is 19.7 Å². The van der Waals surface area contributed by atoms with Gasteiger partial charge < -0.3 is 19.7 Å². The van der Waals surface area contributed by atoms with Crippen molar-refractivity contribution in [3.8, 4) is 22.8 Å². The number of rotatable bonds is 4. The lowest BCUT2D eigenvalue weighted by Crippen LogP contribution is -1.92. The molecule has 0 saturated heterocycles. The van der Waals surface area contributed by atoms with Gasteiger partial charge in [-0.15, -0.1) is 0 Å². The average Bonchev–Trinajstić information content (AvgIpc) is 2.86. The van der Waals surface area contributed by atoms with E-state index < -0.39 is 0 Å². The van der Waals surface area contributed by atoms with Crippen LogP contribution in [0, 0.1) is 0 Å². The van der Waals surface area contributed by atoms with Crippen molar-refractivity contribution in [2.45, 2.75) is 6.54 Å². The van der Waals surface area contributed by atoms with Gasteiger partial charge in [0.1, 0.15) is 17.2 Å². The minimum Gasteiger partial charge on any atom is -0.497 e. The molecule has 0 radical (unpaired) electrons. The quantitative estimate of drug-likeness (QED) is 0.873. The Morgan fingerprint density at radius 3 is 2.24 bits per heavy atom. The fourth-order valence-electron chi connectivity index (χ4n) is 1.50. The summed E-state index contributed by atoms with van der Waals surface area (Å²) in [7, 11) is 3.21. The van der Waals surface area contributed by atoms with Gasteiger partial charge >= 0.3 is 0 Å². The zero-order valence-corrected chi connectivity index (χ0v) is 9.77. The molecular weight excluding hydrogens is 220 g/mol. The van der Waals surface area contributed by atoms with Crippen molar-refractivity contribution >= 4 is 0 Å². The summed E-state index contributed by atoms with van der Waals surface area (Å²) in [5.41, 5.74) is 7.05. The molecule has 5 heteroatoms. The van der Waals surface area contributed by atoms with Crippen LogP contribution in [-0.2, 0) is 6.54 Å². The first-order valence-electron chi connectivity index (χ1n) is 5.16. The normalized spacial score (nSPS) is 10.3. The number of hydrogen-bond donors (Lipinski definition) is 1. The van der Waals surface area contributed by atoms with E-state index in [1.807, 2.05) is 12.1 Å². The molecular formula is C12H14N2O3. The first-order valence-corrected chi connectivity index (χ1v) is 5.16. The summed E-state index contributed by atoms with van der Waals surface area (Å²) in [6, 6.07) is 7.32. The highest BCUT2D eigenvalue weighted by atomic mass is 16.5. The molecule has 0 fully saturated rings. The Bertz CT molecular complexity index is 486. The Labute approximate surface area is 99.1 Å². The Balaban J connectivity index is 2.43. The Hall–Kier alpha value is -2.01. The lowest BCUT2D eigenvalue weighted by Gasteiger charge is -2.06. The molecule has 0 saturated carbocycles. The number of ether oxygens (including phenoxy) is 2. The van der Waals surface area contributed by atoms with Gasteiger partial charge in [-0.25, -0.2) is 0 Å². The average molecular weight is 234 g/mol. The second kappa shape index (κ2) is 4.88. The smallest absolute Gasteiger partial charge is 0.150 e. The molecule has 0 atom stereocenters. The van der Waals surface area contributed by atoms with Gasteiger partial charge in [-0.1, -0.05) is 5.16 Å². The molecule has 17 heavy (non-hydrogen) atoms. The van der Waals surface area contributed by atoms with E-state index >= 15 is 0 Å². The highest BCUT2D eigenvalue weighted by Crippen LogP contribution is 2.29. The number of nitrogens with zero attached hydrogens (tertiary/aromatic N) is 1. The van der Waals surface area contributed by atoms with Gasteiger partial charge in [0.25, 0.3) is 0 Å². The number of nitrogens with two attached hydrogens (primary N) is 1. The summed E-state index contributed by atoms with van der Waals surface area (Å²) in [6.45, 7) is 0.327. The third-order valence-corrected chi connectivity index (χ3v) is 2.41. The van der Waals surface area contributed by atoms with E-state index in [1.54, 1.807) is 26.4 Å². The van der Waals surface area contributed by atoms with Crippen LogP contribution in [0.2, 0.25) is 0 Å². The molecule has 1 aromatic heterocycles. The van der Waals surface area contributed by atoms with Gasteiger partial charge in [0.2, 0.25) is 0 Å². The number of aromatic nitrogens is 1. The third-order valence-electron chi connectivity index (χ3n) is 2.41. The molecule has 0 spiro atoms. The Morgan fingerprint density at radius 2 is 1.76 bits per heavy atom. The van der Waals surface area contributed by atoms with Gasteiger partial charge in [0.05, 0.1) is 20.8 Å². The minimum atomic E-state index is 0.327. The van der Waals surface area contributed by atoms with Crippen molar-refractivity contribution in [1.82, 2.24) is 5.16 Å². The lowest BCUT2D eigenvalue weighted by molar-refractivity contribution is 0.386. The fraction of sp³-hybridized carbons (Fsp3) is 0.250. The van der Waals surface area contributed by atoms with E-state index in [1.165, 1.54) is 0 Å².